The fourth-order valence-corrected chi connectivity index (χ4v) is 5.38. The van der Waals surface area contributed by atoms with Crippen molar-refractivity contribution in [1.82, 2.24) is 5.32 Å². The topological polar surface area (TPSA) is 84.5 Å². The summed E-state index contributed by atoms with van der Waals surface area (Å²) in [6, 6.07) is 26.4. The number of hydrogen-bond donors (Lipinski definition) is 2. The number of benzene rings is 3. The molecular weight excluding hydrogens is 456 g/mol. The monoisotopic (exact) mass is 478 g/mol. The fourth-order valence-electron chi connectivity index (χ4n) is 3.33. The molecule has 4 aromatic rings. The van der Waals surface area contributed by atoms with Crippen molar-refractivity contribution in [2.75, 3.05) is 11.8 Å². The van der Waals surface area contributed by atoms with Crippen LogP contribution in [-0.2, 0) is 10.0 Å². The molecule has 0 saturated heterocycles. The van der Waals surface area contributed by atoms with Gasteiger partial charge in [0.15, 0.2) is 0 Å². The number of rotatable bonds is 8. The molecule has 3 aromatic carbocycles. The van der Waals surface area contributed by atoms with Crippen LogP contribution in [-0.4, -0.2) is 21.4 Å². The van der Waals surface area contributed by atoms with Gasteiger partial charge in [0.05, 0.1) is 13.2 Å². The van der Waals surface area contributed by atoms with E-state index in [1.165, 1.54) is 6.07 Å². The quantitative estimate of drug-likeness (QED) is 0.370. The van der Waals surface area contributed by atoms with Gasteiger partial charge in [-0.3, -0.25) is 9.52 Å². The number of anilines is 1. The normalized spacial score (nSPS) is 12.0. The maximum Gasteiger partial charge on any atom is 0.271 e. The van der Waals surface area contributed by atoms with Crippen molar-refractivity contribution in [3.63, 3.8) is 0 Å². The Morgan fingerprint density at radius 1 is 0.848 bits per heavy atom. The van der Waals surface area contributed by atoms with Crippen LogP contribution in [0.2, 0.25) is 0 Å². The largest absolute Gasteiger partial charge is 0.497 e. The highest BCUT2D eigenvalue weighted by Gasteiger charge is 2.19. The van der Waals surface area contributed by atoms with Crippen molar-refractivity contribution in [2.24, 2.45) is 0 Å². The molecule has 4 rings (SSSR count). The molecule has 0 aliphatic carbocycles. The van der Waals surface area contributed by atoms with E-state index in [0.717, 1.165) is 28.2 Å². The Morgan fingerprint density at radius 2 is 1.52 bits per heavy atom. The van der Waals surface area contributed by atoms with Crippen LogP contribution in [0.3, 0.4) is 0 Å². The minimum atomic E-state index is -3.64. The molecule has 8 heteroatoms. The lowest BCUT2D eigenvalue weighted by atomic mass is 9.98. The smallest absolute Gasteiger partial charge is 0.271 e. The summed E-state index contributed by atoms with van der Waals surface area (Å²) in [5.74, 6) is 0.463. The minimum Gasteiger partial charge on any atom is -0.497 e. The van der Waals surface area contributed by atoms with Crippen molar-refractivity contribution >= 4 is 33.0 Å². The molecule has 2 N–H and O–H groups in total. The van der Waals surface area contributed by atoms with Gasteiger partial charge >= 0.3 is 0 Å². The van der Waals surface area contributed by atoms with E-state index in [1.807, 2.05) is 54.6 Å². The second-order valence-electron chi connectivity index (χ2n) is 7.21. The molecule has 168 valence electrons. The number of carbonyl (C=O) groups excluding carboxylic acids is 1. The van der Waals surface area contributed by atoms with Gasteiger partial charge in [-0.1, -0.05) is 48.5 Å². The van der Waals surface area contributed by atoms with Crippen LogP contribution in [0.1, 0.15) is 27.5 Å². The van der Waals surface area contributed by atoms with Crippen LogP contribution < -0.4 is 14.8 Å². The predicted octanol–water partition coefficient (Wildman–Crippen LogP) is 5.08. The Morgan fingerprint density at radius 3 is 2.12 bits per heavy atom. The summed E-state index contributed by atoms with van der Waals surface area (Å²) in [5, 5.41) is 4.78. The lowest BCUT2D eigenvalue weighted by Gasteiger charge is -2.20. The number of nitrogens with one attached hydrogen (secondary N) is 2. The number of hydrogen-bond acceptors (Lipinski definition) is 5. The summed E-state index contributed by atoms with van der Waals surface area (Å²) in [6.07, 6.45) is 0. The molecule has 33 heavy (non-hydrogen) atoms. The summed E-state index contributed by atoms with van der Waals surface area (Å²) < 4.78 is 32.8. The molecule has 1 amide bonds. The summed E-state index contributed by atoms with van der Waals surface area (Å²) in [7, 11) is -2.04. The Balaban J connectivity index is 1.53. The maximum absolute atomic E-state index is 13.0. The summed E-state index contributed by atoms with van der Waals surface area (Å²) in [6.45, 7) is 0. The van der Waals surface area contributed by atoms with Crippen LogP contribution in [0.4, 0.5) is 5.69 Å². The van der Waals surface area contributed by atoms with Crippen molar-refractivity contribution in [3.05, 3.63) is 113 Å². The average Bonchev–Trinajstić information content (AvgIpc) is 3.40. The first kappa shape index (κ1) is 22.6. The minimum absolute atomic E-state index is 0.231. The lowest BCUT2D eigenvalue weighted by Crippen LogP contribution is -2.29. The molecule has 0 fully saturated rings. The second-order valence-corrected chi connectivity index (χ2v) is 10.1. The van der Waals surface area contributed by atoms with Crippen LogP contribution in [0.5, 0.6) is 5.75 Å². The van der Waals surface area contributed by atoms with Gasteiger partial charge in [0, 0.05) is 11.3 Å². The second kappa shape index (κ2) is 9.89. The van der Waals surface area contributed by atoms with Gasteiger partial charge in [-0.25, -0.2) is 8.42 Å². The third kappa shape index (κ3) is 5.42. The molecule has 0 aliphatic heterocycles. The highest BCUT2D eigenvalue weighted by molar-refractivity contribution is 7.94. The fraction of sp³-hybridized carbons (Fsp3) is 0.0800. The SMILES string of the molecule is COc1ccc(C(NC(=O)c2ccc(NS(=O)(=O)c3cccs3)cc2)c2ccccc2)cc1. The Hall–Kier alpha value is -3.62. The first-order valence-corrected chi connectivity index (χ1v) is 12.5. The molecular formula is C25H22N2O4S2. The molecule has 1 atom stereocenters. The van der Waals surface area contributed by atoms with E-state index in [0.29, 0.717) is 11.3 Å². The van der Waals surface area contributed by atoms with Gasteiger partial charge in [0.2, 0.25) is 0 Å². The zero-order valence-corrected chi connectivity index (χ0v) is 19.4. The van der Waals surface area contributed by atoms with Gasteiger partial charge in [-0.2, -0.15) is 0 Å². The third-order valence-electron chi connectivity index (χ3n) is 5.02. The Labute approximate surface area is 196 Å². The standard InChI is InChI=1S/C25H22N2O4S2/c1-31-22-15-11-19(12-16-22)24(18-6-3-2-4-7-18)26-25(28)20-9-13-21(14-10-20)27-33(29,30)23-8-5-17-32-23/h2-17,24,27H,1H3,(H,26,28). The van der Waals surface area contributed by atoms with Gasteiger partial charge in [0.1, 0.15) is 9.96 Å². The van der Waals surface area contributed by atoms with Crippen LogP contribution in [0.25, 0.3) is 0 Å². The molecule has 0 spiro atoms. The highest BCUT2D eigenvalue weighted by Crippen LogP contribution is 2.25. The molecule has 1 heterocycles. The van der Waals surface area contributed by atoms with Crippen molar-refractivity contribution in [1.29, 1.82) is 0 Å². The van der Waals surface area contributed by atoms with Gasteiger partial charge in [0.25, 0.3) is 15.9 Å². The van der Waals surface area contributed by atoms with E-state index < -0.39 is 10.0 Å². The van der Waals surface area contributed by atoms with E-state index in [4.69, 9.17) is 4.74 Å². The molecule has 0 radical (unpaired) electrons. The molecule has 0 saturated carbocycles. The van der Waals surface area contributed by atoms with Crippen molar-refractivity contribution in [3.8, 4) is 5.75 Å². The zero-order valence-electron chi connectivity index (χ0n) is 17.8. The van der Waals surface area contributed by atoms with Gasteiger partial charge in [-0.15, -0.1) is 11.3 Å². The number of methoxy groups -OCH3 is 1. The molecule has 1 unspecified atom stereocenters. The van der Waals surface area contributed by atoms with E-state index in [2.05, 4.69) is 10.0 Å². The number of sulfonamides is 1. The number of ether oxygens (including phenoxy) is 1. The van der Waals surface area contributed by atoms with E-state index in [9.17, 15) is 13.2 Å². The molecule has 0 aliphatic rings. The van der Waals surface area contributed by atoms with E-state index in [1.54, 1.807) is 42.8 Å². The van der Waals surface area contributed by atoms with Gasteiger partial charge < -0.3 is 10.1 Å². The summed E-state index contributed by atoms with van der Waals surface area (Å²) in [5.41, 5.74) is 2.66. The van der Waals surface area contributed by atoms with Crippen LogP contribution in [0, 0.1) is 0 Å². The maximum atomic E-state index is 13.0. The molecule has 0 bridgehead atoms. The molecule has 6 nitrogen and oxygen atoms in total. The Kier molecular flexibility index (Phi) is 6.76. The molecule has 1 aromatic heterocycles. The lowest BCUT2D eigenvalue weighted by molar-refractivity contribution is 0.0943. The zero-order chi connectivity index (χ0) is 23.3. The third-order valence-corrected chi connectivity index (χ3v) is 7.80. The first-order chi connectivity index (χ1) is 16.0. The number of amides is 1. The number of thiophene rings is 1. The first-order valence-electron chi connectivity index (χ1n) is 10.1. The van der Waals surface area contributed by atoms with E-state index in [-0.39, 0.29) is 16.2 Å². The summed E-state index contributed by atoms with van der Waals surface area (Å²) in [4.78, 5) is 13.0. The highest BCUT2D eigenvalue weighted by atomic mass is 32.2. The predicted molar refractivity (Wildman–Crippen MR) is 130 cm³/mol. The van der Waals surface area contributed by atoms with Crippen LogP contribution in [0.15, 0.2) is 101 Å². The number of carbonyl (C=O) groups is 1. The average molecular weight is 479 g/mol. The summed E-state index contributed by atoms with van der Waals surface area (Å²) >= 11 is 1.14. The van der Waals surface area contributed by atoms with Crippen LogP contribution >= 0.6 is 11.3 Å². The Bertz CT molecular complexity index is 1300. The van der Waals surface area contributed by atoms with Crippen molar-refractivity contribution in [2.45, 2.75) is 10.3 Å². The van der Waals surface area contributed by atoms with Gasteiger partial charge in [-0.05, 0) is 59.0 Å². The van der Waals surface area contributed by atoms with Crippen molar-refractivity contribution < 1.29 is 17.9 Å². The van der Waals surface area contributed by atoms with E-state index >= 15 is 0 Å².